The molecule has 1 aromatic carbocycles. The zero-order valence-electron chi connectivity index (χ0n) is 13.8. The van der Waals surface area contributed by atoms with Crippen LogP contribution in [0, 0.1) is 0 Å². The van der Waals surface area contributed by atoms with Crippen LogP contribution >= 0.6 is 0 Å². The second-order valence-corrected chi connectivity index (χ2v) is 6.67. The third kappa shape index (κ3) is 4.22. The van der Waals surface area contributed by atoms with Crippen molar-refractivity contribution in [1.29, 1.82) is 0 Å². The molecule has 1 saturated heterocycles. The van der Waals surface area contributed by atoms with Gasteiger partial charge in [-0.05, 0) is 38.3 Å². The Morgan fingerprint density at radius 3 is 2.68 bits per heavy atom. The van der Waals surface area contributed by atoms with Crippen molar-refractivity contribution in [3.05, 3.63) is 29.8 Å². The predicted molar refractivity (Wildman–Crippen MR) is 89.2 cm³/mol. The molecule has 122 valence electrons. The third-order valence-electron chi connectivity index (χ3n) is 4.43. The summed E-state index contributed by atoms with van der Waals surface area (Å²) in [5.74, 6) is 0. The van der Waals surface area contributed by atoms with Gasteiger partial charge in [-0.15, -0.1) is 0 Å². The van der Waals surface area contributed by atoms with E-state index in [1.807, 2.05) is 0 Å². The van der Waals surface area contributed by atoms with Gasteiger partial charge in [-0.25, -0.2) is 0 Å². The molecule has 22 heavy (non-hydrogen) atoms. The van der Waals surface area contributed by atoms with Crippen molar-refractivity contribution in [3.8, 4) is 0 Å². The molecule has 1 aliphatic heterocycles. The Kier molecular flexibility index (Phi) is 5.34. The van der Waals surface area contributed by atoms with Crippen LogP contribution in [0.25, 0.3) is 0 Å². The number of nitrogens with one attached hydrogen (secondary N) is 1. The molecule has 0 radical (unpaired) electrons. The molecule has 0 amide bonds. The standard InChI is InChI=1S/C18H28N2O2/c1-14(2)22-17-11-16(12-17)19-18-6-4-3-5-15(18)13-20-7-9-21-10-8-20/h3-6,14,16-17,19H,7-13H2,1-2H3. The monoisotopic (exact) mass is 304 g/mol. The van der Waals surface area contributed by atoms with Gasteiger partial charge in [-0.2, -0.15) is 0 Å². The van der Waals surface area contributed by atoms with Crippen molar-refractivity contribution in [3.63, 3.8) is 0 Å². The first-order chi connectivity index (χ1) is 10.7. The van der Waals surface area contributed by atoms with Crippen molar-refractivity contribution in [2.45, 2.75) is 51.5 Å². The fraction of sp³-hybridized carbons (Fsp3) is 0.667. The van der Waals surface area contributed by atoms with Gasteiger partial charge in [0.15, 0.2) is 0 Å². The van der Waals surface area contributed by atoms with Gasteiger partial charge >= 0.3 is 0 Å². The number of hydrogen-bond donors (Lipinski definition) is 1. The molecule has 0 atom stereocenters. The lowest BCUT2D eigenvalue weighted by molar-refractivity contribution is -0.0400. The summed E-state index contributed by atoms with van der Waals surface area (Å²) in [6.45, 7) is 8.99. The molecule has 1 aromatic rings. The van der Waals surface area contributed by atoms with E-state index in [-0.39, 0.29) is 0 Å². The van der Waals surface area contributed by atoms with E-state index < -0.39 is 0 Å². The highest BCUT2D eigenvalue weighted by atomic mass is 16.5. The maximum atomic E-state index is 5.84. The van der Waals surface area contributed by atoms with Gasteiger partial charge in [0.2, 0.25) is 0 Å². The van der Waals surface area contributed by atoms with E-state index in [0.717, 1.165) is 45.7 Å². The van der Waals surface area contributed by atoms with E-state index in [0.29, 0.717) is 18.2 Å². The first kappa shape index (κ1) is 15.8. The lowest BCUT2D eigenvalue weighted by Crippen LogP contribution is -2.42. The van der Waals surface area contributed by atoms with Crippen LogP contribution in [-0.2, 0) is 16.0 Å². The van der Waals surface area contributed by atoms with Crippen LogP contribution in [-0.4, -0.2) is 49.5 Å². The largest absolute Gasteiger partial charge is 0.382 e. The summed E-state index contributed by atoms with van der Waals surface area (Å²) in [4.78, 5) is 2.47. The second-order valence-electron chi connectivity index (χ2n) is 6.67. The maximum Gasteiger partial charge on any atom is 0.0617 e. The molecule has 4 heteroatoms. The average Bonchev–Trinajstić information content (AvgIpc) is 2.47. The molecule has 1 saturated carbocycles. The molecule has 3 rings (SSSR count). The molecule has 0 aromatic heterocycles. The van der Waals surface area contributed by atoms with Crippen molar-refractivity contribution in [1.82, 2.24) is 4.90 Å². The van der Waals surface area contributed by atoms with Crippen LogP contribution in [0.5, 0.6) is 0 Å². The van der Waals surface area contributed by atoms with E-state index in [2.05, 4.69) is 48.3 Å². The number of morpholine rings is 1. The van der Waals surface area contributed by atoms with Gasteiger partial charge in [-0.3, -0.25) is 4.90 Å². The van der Waals surface area contributed by atoms with Crippen molar-refractivity contribution in [2.24, 2.45) is 0 Å². The first-order valence-corrected chi connectivity index (χ1v) is 8.50. The van der Waals surface area contributed by atoms with Gasteiger partial charge in [0.25, 0.3) is 0 Å². The summed E-state index contributed by atoms with van der Waals surface area (Å²) in [7, 11) is 0. The Balaban J connectivity index is 1.53. The van der Waals surface area contributed by atoms with Crippen LogP contribution in [0.4, 0.5) is 5.69 Å². The molecule has 0 spiro atoms. The summed E-state index contributed by atoms with van der Waals surface area (Å²) in [6, 6.07) is 9.23. The van der Waals surface area contributed by atoms with E-state index in [1.165, 1.54) is 11.3 Å². The minimum absolute atomic E-state index is 0.333. The van der Waals surface area contributed by atoms with Crippen molar-refractivity contribution < 1.29 is 9.47 Å². The highest BCUT2D eigenvalue weighted by molar-refractivity contribution is 5.52. The SMILES string of the molecule is CC(C)OC1CC(Nc2ccccc2CN2CCOCC2)C1. The Labute approximate surface area is 133 Å². The zero-order valence-corrected chi connectivity index (χ0v) is 13.8. The van der Waals surface area contributed by atoms with Gasteiger partial charge < -0.3 is 14.8 Å². The van der Waals surface area contributed by atoms with Crippen LogP contribution in [0.1, 0.15) is 32.3 Å². The van der Waals surface area contributed by atoms with Crippen LogP contribution in [0.2, 0.25) is 0 Å². The molecule has 4 nitrogen and oxygen atoms in total. The fourth-order valence-electron chi connectivity index (χ4n) is 3.20. The van der Waals surface area contributed by atoms with Gasteiger partial charge in [0, 0.05) is 31.4 Å². The number of hydrogen-bond acceptors (Lipinski definition) is 4. The van der Waals surface area contributed by atoms with E-state index in [1.54, 1.807) is 0 Å². The first-order valence-electron chi connectivity index (χ1n) is 8.50. The Morgan fingerprint density at radius 1 is 1.23 bits per heavy atom. The highest BCUT2D eigenvalue weighted by Gasteiger charge is 2.30. The number of ether oxygens (including phenoxy) is 2. The summed E-state index contributed by atoms with van der Waals surface area (Å²) >= 11 is 0. The minimum atomic E-state index is 0.333. The molecule has 2 fully saturated rings. The minimum Gasteiger partial charge on any atom is -0.382 e. The van der Waals surface area contributed by atoms with Crippen molar-refractivity contribution in [2.75, 3.05) is 31.6 Å². The zero-order chi connectivity index (χ0) is 15.4. The number of para-hydroxylation sites is 1. The Hall–Kier alpha value is -1.10. The molecular formula is C18H28N2O2. The van der Waals surface area contributed by atoms with Gasteiger partial charge in [-0.1, -0.05) is 18.2 Å². The molecule has 1 heterocycles. The van der Waals surface area contributed by atoms with Crippen LogP contribution in [0.15, 0.2) is 24.3 Å². The Morgan fingerprint density at radius 2 is 1.95 bits per heavy atom. The number of anilines is 1. The summed E-state index contributed by atoms with van der Waals surface area (Å²) in [6.07, 6.45) is 3.00. The van der Waals surface area contributed by atoms with Gasteiger partial charge in [0.05, 0.1) is 25.4 Å². The number of rotatable bonds is 6. The maximum absolute atomic E-state index is 5.84. The highest BCUT2D eigenvalue weighted by Crippen LogP contribution is 2.29. The average molecular weight is 304 g/mol. The van der Waals surface area contributed by atoms with Crippen molar-refractivity contribution >= 4 is 5.69 Å². The van der Waals surface area contributed by atoms with E-state index in [4.69, 9.17) is 9.47 Å². The molecule has 2 aliphatic rings. The number of benzene rings is 1. The predicted octanol–water partition coefficient (Wildman–Crippen LogP) is 2.89. The van der Waals surface area contributed by atoms with E-state index in [9.17, 15) is 0 Å². The van der Waals surface area contributed by atoms with Crippen LogP contribution < -0.4 is 5.32 Å². The van der Waals surface area contributed by atoms with Gasteiger partial charge in [0.1, 0.15) is 0 Å². The second kappa shape index (κ2) is 7.44. The number of nitrogens with zero attached hydrogens (tertiary/aromatic N) is 1. The molecular weight excluding hydrogens is 276 g/mol. The molecule has 0 bridgehead atoms. The smallest absolute Gasteiger partial charge is 0.0617 e. The molecule has 1 aliphatic carbocycles. The molecule has 0 unspecified atom stereocenters. The summed E-state index contributed by atoms with van der Waals surface area (Å²) < 4.78 is 11.3. The fourth-order valence-corrected chi connectivity index (χ4v) is 3.20. The topological polar surface area (TPSA) is 33.7 Å². The Bertz CT molecular complexity index is 466. The normalized spacial score (nSPS) is 26.0. The lowest BCUT2D eigenvalue weighted by atomic mass is 9.88. The quantitative estimate of drug-likeness (QED) is 0.876. The summed E-state index contributed by atoms with van der Waals surface area (Å²) in [5, 5.41) is 3.70. The third-order valence-corrected chi connectivity index (χ3v) is 4.43. The van der Waals surface area contributed by atoms with E-state index >= 15 is 0 Å². The summed E-state index contributed by atoms with van der Waals surface area (Å²) in [5.41, 5.74) is 2.67. The lowest BCUT2D eigenvalue weighted by Gasteiger charge is -2.38. The molecule has 1 N–H and O–H groups in total. The van der Waals surface area contributed by atoms with Crippen LogP contribution in [0.3, 0.4) is 0 Å².